The normalized spacial score (nSPS) is 15.3. The number of carbonyl (C=O) groups excluding carboxylic acids is 1. The second-order valence-electron chi connectivity index (χ2n) is 2.75. The first-order valence-corrected chi connectivity index (χ1v) is 7.00. The number of carbonyl (C=O) groups is 1. The van der Waals surface area contributed by atoms with E-state index in [-0.39, 0.29) is 27.4 Å². The fourth-order valence-electron chi connectivity index (χ4n) is 1.43. The molecule has 0 aliphatic carbocycles. The number of nitrogens with zero attached hydrogens (tertiary/aromatic N) is 1. The van der Waals surface area contributed by atoms with Crippen LogP contribution in [0.25, 0.3) is 5.70 Å². The van der Waals surface area contributed by atoms with Gasteiger partial charge < -0.3 is 0 Å². The van der Waals surface area contributed by atoms with Crippen LogP contribution < -0.4 is 21.5 Å². The van der Waals surface area contributed by atoms with Crippen LogP contribution in [0, 0.1) is 0 Å². The topological polar surface area (TPSA) is 20.3 Å². The Morgan fingerprint density at radius 3 is 2.46 bits per heavy atom. The Morgan fingerprint density at radius 2 is 1.92 bits per heavy atom. The van der Waals surface area contributed by atoms with Gasteiger partial charge >= 0.3 is 87.9 Å². The van der Waals surface area contributed by atoms with Gasteiger partial charge in [-0.05, 0) is 0 Å². The van der Waals surface area contributed by atoms with Gasteiger partial charge in [0.05, 0.1) is 0 Å². The standard InChI is InChI=1S/C10H9INO/c1-7-8-5-3-4-6-9(8)10(13)12(7)11-2/h3-6H,1H2,2H3/q-1. The van der Waals surface area contributed by atoms with Crippen LogP contribution in [0.4, 0.5) is 0 Å². The van der Waals surface area contributed by atoms with Gasteiger partial charge in [-0.15, -0.1) is 0 Å². The Bertz CT molecular complexity index is 351. The Balaban J connectivity index is 2.57. The van der Waals surface area contributed by atoms with Gasteiger partial charge in [0.25, 0.3) is 0 Å². The number of hydrogen-bond donors (Lipinski definition) is 0. The van der Waals surface area contributed by atoms with Crippen LogP contribution in [-0.2, 0) is 0 Å². The van der Waals surface area contributed by atoms with Crippen molar-refractivity contribution in [3.05, 3.63) is 42.0 Å². The van der Waals surface area contributed by atoms with Crippen LogP contribution in [0.15, 0.2) is 30.8 Å². The first-order chi connectivity index (χ1) is 6.25. The Hall–Kier alpha value is -0.840. The van der Waals surface area contributed by atoms with Crippen molar-refractivity contribution in [3.8, 4) is 0 Å². The molecule has 0 radical (unpaired) electrons. The average molecular weight is 286 g/mol. The van der Waals surface area contributed by atoms with Crippen molar-refractivity contribution in [3.63, 3.8) is 0 Å². The second-order valence-corrected chi connectivity index (χ2v) is 4.68. The molecule has 2 nitrogen and oxygen atoms in total. The third kappa shape index (κ3) is 1.18. The third-order valence-corrected chi connectivity index (χ3v) is 4.04. The van der Waals surface area contributed by atoms with Crippen molar-refractivity contribution in [2.45, 2.75) is 0 Å². The van der Waals surface area contributed by atoms with Gasteiger partial charge in [0.15, 0.2) is 0 Å². The molecule has 1 heterocycles. The molecular formula is C10H9INO-. The maximum absolute atomic E-state index is 11.7. The summed E-state index contributed by atoms with van der Waals surface area (Å²) >= 11 is -0.241. The Morgan fingerprint density at radius 1 is 1.31 bits per heavy atom. The molecule has 2 rings (SSSR count). The van der Waals surface area contributed by atoms with Crippen molar-refractivity contribution in [1.29, 1.82) is 0 Å². The summed E-state index contributed by atoms with van der Waals surface area (Å²) in [6.07, 6.45) is 0. The predicted molar refractivity (Wildman–Crippen MR) is 47.6 cm³/mol. The first kappa shape index (κ1) is 8.74. The van der Waals surface area contributed by atoms with E-state index in [0.29, 0.717) is 0 Å². The van der Waals surface area contributed by atoms with Crippen molar-refractivity contribution < 1.29 is 26.3 Å². The van der Waals surface area contributed by atoms with Crippen molar-refractivity contribution >= 4 is 11.6 Å². The van der Waals surface area contributed by atoms with Crippen LogP contribution >= 0.6 is 0 Å². The summed E-state index contributed by atoms with van der Waals surface area (Å²) in [6.45, 7) is 3.93. The first-order valence-electron chi connectivity index (χ1n) is 3.88. The molecule has 13 heavy (non-hydrogen) atoms. The summed E-state index contributed by atoms with van der Waals surface area (Å²) in [5.41, 5.74) is 2.67. The molecule has 3 heteroatoms. The molecule has 0 saturated heterocycles. The molecule has 0 saturated carbocycles. The van der Waals surface area contributed by atoms with Crippen LogP contribution in [0.3, 0.4) is 0 Å². The summed E-state index contributed by atoms with van der Waals surface area (Å²) in [6, 6.07) is 7.65. The molecule has 0 N–H and O–H groups in total. The van der Waals surface area contributed by atoms with E-state index in [4.69, 9.17) is 0 Å². The zero-order chi connectivity index (χ0) is 9.42. The summed E-state index contributed by atoms with van der Waals surface area (Å²) in [7, 11) is 0. The summed E-state index contributed by atoms with van der Waals surface area (Å²) < 4.78 is 1.81. The van der Waals surface area contributed by atoms with Crippen molar-refractivity contribution in [2.24, 2.45) is 0 Å². The number of alkyl halides is 1. The Labute approximate surface area is 87.9 Å². The molecule has 1 amide bonds. The molecule has 1 aliphatic rings. The molecule has 68 valence electrons. The van der Waals surface area contributed by atoms with E-state index in [9.17, 15) is 4.79 Å². The van der Waals surface area contributed by atoms with E-state index >= 15 is 0 Å². The van der Waals surface area contributed by atoms with Crippen LogP contribution in [0.1, 0.15) is 15.9 Å². The molecular weight excluding hydrogens is 277 g/mol. The Kier molecular flexibility index (Phi) is 2.11. The summed E-state index contributed by atoms with van der Waals surface area (Å²) in [5.74, 6) is 0.121. The van der Waals surface area contributed by atoms with Crippen molar-refractivity contribution in [2.75, 3.05) is 4.93 Å². The van der Waals surface area contributed by atoms with Gasteiger partial charge in [-0.1, -0.05) is 0 Å². The molecule has 1 aliphatic heterocycles. The van der Waals surface area contributed by atoms with E-state index in [1.165, 1.54) is 0 Å². The molecule has 0 atom stereocenters. The molecule has 1 aromatic rings. The summed E-state index contributed by atoms with van der Waals surface area (Å²) in [5, 5.41) is 0. The van der Waals surface area contributed by atoms with Gasteiger partial charge in [0, 0.05) is 0 Å². The number of benzene rings is 1. The quantitative estimate of drug-likeness (QED) is 0.359. The maximum atomic E-state index is 11.7. The minimum atomic E-state index is -0.241. The molecule has 0 bridgehead atoms. The monoisotopic (exact) mass is 286 g/mol. The zero-order valence-electron chi connectivity index (χ0n) is 7.25. The third-order valence-electron chi connectivity index (χ3n) is 2.05. The summed E-state index contributed by atoms with van der Waals surface area (Å²) in [4.78, 5) is 13.8. The molecule has 0 aromatic heterocycles. The predicted octanol–water partition coefficient (Wildman–Crippen LogP) is -1.25. The van der Waals surface area contributed by atoms with Crippen LogP contribution in [0.5, 0.6) is 0 Å². The zero-order valence-corrected chi connectivity index (χ0v) is 9.41. The molecule has 0 fully saturated rings. The molecule has 0 spiro atoms. The molecule has 1 aromatic carbocycles. The van der Waals surface area contributed by atoms with Gasteiger partial charge in [-0.3, -0.25) is 0 Å². The number of amides is 1. The van der Waals surface area contributed by atoms with Crippen LogP contribution in [0.2, 0.25) is 0 Å². The van der Waals surface area contributed by atoms with E-state index < -0.39 is 0 Å². The van der Waals surface area contributed by atoms with Crippen LogP contribution in [-0.4, -0.2) is 14.0 Å². The number of rotatable bonds is 1. The molecule has 0 unspecified atom stereocenters. The van der Waals surface area contributed by atoms with Crippen molar-refractivity contribution in [1.82, 2.24) is 3.11 Å². The fourth-order valence-corrected chi connectivity index (χ4v) is 2.97. The second kappa shape index (κ2) is 3.14. The van der Waals surface area contributed by atoms with E-state index in [2.05, 4.69) is 11.5 Å². The van der Waals surface area contributed by atoms with E-state index in [1.54, 1.807) is 0 Å². The SMILES string of the molecule is C=C1c2ccccc2C(=O)N1[I-]C. The van der Waals surface area contributed by atoms with Gasteiger partial charge in [-0.25, -0.2) is 0 Å². The van der Waals surface area contributed by atoms with Gasteiger partial charge in [-0.2, -0.15) is 0 Å². The fraction of sp³-hybridized carbons (Fsp3) is 0.100. The van der Waals surface area contributed by atoms with E-state index in [1.807, 2.05) is 27.4 Å². The van der Waals surface area contributed by atoms with Gasteiger partial charge in [0.2, 0.25) is 0 Å². The number of hydrogen-bond acceptors (Lipinski definition) is 1. The minimum absolute atomic E-state index is 0.121. The van der Waals surface area contributed by atoms with E-state index in [0.717, 1.165) is 16.8 Å². The number of halogens is 1. The average Bonchev–Trinajstić information content (AvgIpc) is 2.41. The van der Waals surface area contributed by atoms with Gasteiger partial charge in [0.1, 0.15) is 0 Å². The number of fused-ring (bicyclic) bond motifs is 1.